The lowest BCUT2D eigenvalue weighted by Crippen LogP contribution is -2.44. The summed E-state index contributed by atoms with van der Waals surface area (Å²) in [5.41, 5.74) is 10.6. The maximum Gasteiger partial charge on any atom is 0.248 e. The van der Waals surface area contributed by atoms with E-state index in [0.717, 1.165) is 0 Å². The molecule has 4 N–H and O–H groups in total. The van der Waals surface area contributed by atoms with E-state index in [4.69, 9.17) is 11.5 Å². The third-order valence-corrected chi connectivity index (χ3v) is 5.44. The maximum atomic E-state index is 12.5. The van der Waals surface area contributed by atoms with E-state index in [1.54, 1.807) is 0 Å². The summed E-state index contributed by atoms with van der Waals surface area (Å²) in [5.74, 6) is -1.57. The van der Waals surface area contributed by atoms with Gasteiger partial charge in [-0.05, 0) is 37.1 Å². The van der Waals surface area contributed by atoms with Crippen molar-refractivity contribution in [3.8, 4) is 0 Å². The number of hydrogen-bond acceptors (Lipinski definition) is 4. The first kappa shape index (κ1) is 15.5. The molecule has 1 aliphatic rings. The van der Waals surface area contributed by atoms with Gasteiger partial charge in [0.2, 0.25) is 21.8 Å². The second-order valence-electron chi connectivity index (χ2n) is 4.99. The van der Waals surface area contributed by atoms with Crippen molar-refractivity contribution in [1.82, 2.24) is 4.31 Å². The molecule has 7 nitrogen and oxygen atoms in total. The zero-order valence-electron chi connectivity index (χ0n) is 11.4. The normalized spacial score (nSPS) is 20.1. The lowest BCUT2D eigenvalue weighted by Gasteiger charge is -2.30. The van der Waals surface area contributed by atoms with Gasteiger partial charge in [-0.25, -0.2) is 8.42 Å². The predicted molar refractivity (Wildman–Crippen MR) is 75.6 cm³/mol. The molecule has 0 aromatic heterocycles. The van der Waals surface area contributed by atoms with E-state index in [1.807, 2.05) is 0 Å². The van der Waals surface area contributed by atoms with Crippen molar-refractivity contribution in [3.63, 3.8) is 0 Å². The van der Waals surface area contributed by atoms with Gasteiger partial charge < -0.3 is 11.5 Å². The largest absolute Gasteiger partial charge is 0.369 e. The summed E-state index contributed by atoms with van der Waals surface area (Å²) in [6, 6.07) is 5.40. The van der Waals surface area contributed by atoms with Crippen molar-refractivity contribution in [2.45, 2.75) is 17.7 Å². The number of piperidine rings is 1. The number of carbonyl (C=O) groups is 2. The molecule has 0 radical (unpaired) electrons. The van der Waals surface area contributed by atoms with Crippen molar-refractivity contribution in [2.24, 2.45) is 17.4 Å². The number of rotatable bonds is 4. The van der Waals surface area contributed by atoms with Crippen LogP contribution in [0, 0.1) is 5.92 Å². The molecule has 0 aliphatic carbocycles. The SMILES string of the molecule is NC(=O)c1ccc(S(=O)(=O)N2CCC[C@H](C(N)=O)C2)cc1. The molecular weight excluding hydrogens is 294 g/mol. The molecule has 8 heteroatoms. The van der Waals surface area contributed by atoms with Crippen LogP contribution in [0.1, 0.15) is 23.2 Å². The molecule has 1 atom stereocenters. The number of sulfonamides is 1. The molecule has 1 saturated heterocycles. The molecule has 114 valence electrons. The van der Waals surface area contributed by atoms with Gasteiger partial charge in [0.15, 0.2) is 0 Å². The highest BCUT2D eigenvalue weighted by Crippen LogP contribution is 2.23. The van der Waals surface area contributed by atoms with Crippen LogP contribution in [-0.4, -0.2) is 37.6 Å². The van der Waals surface area contributed by atoms with Crippen molar-refractivity contribution < 1.29 is 18.0 Å². The molecule has 21 heavy (non-hydrogen) atoms. The Labute approximate surface area is 123 Å². The summed E-state index contributed by atoms with van der Waals surface area (Å²) >= 11 is 0. The number of primary amides is 2. The molecule has 1 aromatic rings. The van der Waals surface area contributed by atoms with E-state index in [-0.39, 0.29) is 17.0 Å². The zero-order valence-corrected chi connectivity index (χ0v) is 12.2. The van der Waals surface area contributed by atoms with Crippen LogP contribution in [0.25, 0.3) is 0 Å². The van der Waals surface area contributed by atoms with Crippen molar-refractivity contribution >= 4 is 21.8 Å². The molecule has 0 spiro atoms. The molecular formula is C13H17N3O4S. The molecule has 1 aliphatic heterocycles. The lowest BCUT2D eigenvalue weighted by molar-refractivity contribution is -0.122. The smallest absolute Gasteiger partial charge is 0.248 e. The number of benzene rings is 1. The summed E-state index contributed by atoms with van der Waals surface area (Å²) in [7, 11) is -3.70. The highest BCUT2D eigenvalue weighted by molar-refractivity contribution is 7.89. The monoisotopic (exact) mass is 311 g/mol. The molecule has 1 heterocycles. The van der Waals surface area contributed by atoms with Crippen LogP contribution in [0.2, 0.25) is 0 Å². The topological polar surface area (TPSA) is 124 Å². The van der Waals surface area contributed by atoms with Crippen molar-refractivity contribution in [2.75, 3.05) is 13.1 Å². The van der Waals surface area contributed by atoms with Crippen LogP contribution in [0.5, 0.6) is 0 Å². The quantitative estimate of drug-likeness (QED) is 0.790. The van der Waals surface area contributed by atoms with Gasteiger partial charge in [0, 0.05) is 18.7 Å². The summed E-state index contributed by atoms with van der Waals surface area (Å²) in [6.07, 6.45) is 1.19. The average Bonchev–Trinajstić information content (AvgIpc) is 2.47. The third-order valence-electron chi connectivity index (χ3n) is 3.56. The second kappa shape index (κ2) is 5.82. The predicted octanol–water partition coefficient (Wildman–Crippen LogP) is -0.328. The summed E-state index contributed by atoms with van der Waals surface area (Å²) < 4.78 is 26.2. The number of nitrogens with zero attached hydrogens (tertiary/aromatic N) is 1. The molecule has 2 amide bonds. The van der Waals surface area contributed by atoms with Crippen molar-refractivity contribution in [3.05, 3.63) is 29.8 Å². The Bertz CT molecular complexity index is 654. The van der Waals surface area contributed by atoms with E-state index in [0.29, 0.717) is 19.4 Å². The highest BCUT2D eigenvalue weighted by Gasteiger charge is 2.32. The Hall–Kier alpha value is -1.93. The minimum Gasteiger partial charge on any atom is -0.369 e. The number of hydrogen-bond donors (Lipinski definition) is 2. The Morgan fingerprint density at radius 1 is 1.14 bits per heavy atom. The molecule has 0 saturated carbocycles. The van der Waals surface area contributed by atoms with E-state index < -0.39 is 27.8 Å². The van der Waals surface area contributed by atoms with Gasteiger partial charge in [-0.1, -0.05) is 0 Å². The number of amides is 2. The zero-order chi connectivity index (χ0) is 15.6. The van der Waals surface area contributed by atoms with E-state index in [1.165, 1.54) is 28.6 Å². The molecule has 0 bridgehead atoms. The second-order valence-corrected chi connectivity index (χ2v) is 6.93. The Morgan fingerprint density at radius 3 is 2.29 bits per heavy atom. The highest BCUT2D eigenvalue weighted by atomic mass is 32.2. The Morgan fingerprint density at radius 2 is 1.76 bits per heavy atom. The van der Waals surface area contributed by atoms with Crippen LogP contribution in [0.15, 0.2) is 29.2 Å². The maximum absolute atomic E-state index is 12.5. The summed E-state index contributed by atoms with van der Waals surface area (Å²) in [4.78, 5) is 22.3. The first-order valence-corrected chi connectivity index (χ1v) is 7.95. The van der Waals surface area contributed by atoms with Gasteiger partial charge in [-0.15, -0.1) is 0 Å². The summed E-state index contributed by atoms with van der Waals surface area (Å²) in [6.45, 7) is 0.443. The van der Waals surface area contributed by atoms with Gasteiger partial charge >= 0.3 is 0 Å². The van der Waals surface area contributed by atoms with Gasteiger partial charge in [0.05, 0.1) is 10.8 Å². The fraction of sp³-hybridized carbons (Fsp3) is 0.385. The molecule has 0 unspecified atom stereocenters. The first-order chi connectivity index (χ1) is 9.82. The van der Waals surface area contributed by atoms with Crippen LogP contribution in [0.4, 0.5) is 0 Å². The Kier molecular flexibility index (Phi) is 4.29. The van der Waals surface area contributed by atoms with Gasteiger partial charge in [0.25, 0.3) is 0 Å². The molecule has 1 aromatic carbocycles. The van der Waals surface area contributed by atoms with Crippen LogP contribution < -0.4 is 11.5 Å². The Balaban J connectivity index is 2.24. The van der Waals surface area contributed by atoms with E-state index >= 15 is 0 Å². The number of carbonyl (C=O) groups excluding carboxylic acids is 2. The van der Waals surface area contributed by atoms with E-state index in [9.17, 15) is 18.0 Å². The van der Waals surface area contributed by atoms with E-state index in [2.05, 4.69) is 0 Å². The van der Waals surface area contributed by atoms with Gasteiger partial charge in [0.1, 0.15) is 0 Å². The minimum absolute atomic E-state index is 0.0672. The van der Waals surface area contributed by atoms with Crippen LogP contribution in [0.3, 0.4) is 0 Å². The third kappa shape index (κ3) is 3.22. The van der Waals surface area contributed by atoms with Crippen LogP contribution in [-0.2, 0) is 14.8 Å². The van der Waals surface area contributed by atoms with Crippen LogP contribution >= 0.6 is 0 Å². The minimum atomic E-state index is -3.70. The van der Waals surface area contributed by atoms with Gasteiger partial charge in [-0.3, -0.25) is 9.59 Å². The standard InChI is InChI=1S/C13H17N3O4S/c14-12(17)9-3-5-11(6-4-9)21(19,20)16-7-1-2-10(8-16)13(15)18/h3-6,10H,1-2,7-8H2,(H2,14,17)(H2,15,18)/t10-/m0/s1. The summed E-state index contributed by atoms with van der Waals surface area (Å²) in [5, 5.41) is 0. The first-order valence-electron chi connectivity index (χ1n) is 6.51. The fourth-order valence-electron chi connectivity index (χ4n) is 2.33. The lowest BCUT2D eigenvalue weighted by atomic mass is 9.99. The average molecular weight is 311 g/mol. The fourth-order valence-corrected chi connectivity index (χ4v) is 3.86. The number of nitrogens with two attached hydrogens (primary N) is 2. The molecule has 1 fully saturated rings. The molecule has 2 rings (SSSR count). The van der Waals surface area contributed by atoms with Gasteiger partial charge in [-0.2, -0.15) is 4.31 Å². The van der Waals surface area contributed by atoms with Crippen molar-refractivity contribution in [1.29, 1.82) is 0 Å².